The van der Waals surface area contributed by atoms with Crippen molar-refractivity contribution in [1.29, 1.82) is 0 Å². The van der Waals surface area contributed by atoms with Crippen molar-refractivity contribution >= 4 is 0 Å². The molecule has 2 rings (SSSR count). The van der Waals surface area contributed by atoms with Crippen molar-refractivity contribution in [1.82, 2.24) is 0 Å². The van der Waals surface area contributed by atoms with E-state index in [0.29, 0.717) is 5.75 Å². The lowest BCUT2D eigenvalue weighted by Crippen LogP contribution is -2.39. The molecule has 1 aromatic rings. The van der Waals surface area contributed by atoms with E-state index in [-0.39, 0.29) is 5.41 Å². The zero-order chi connectivity index (χ0) is 17.4. The first-order valence-corrected chi connectivity index (χ1v) is 9.61. The number of ether oxygens (including phenoxy) is 2. The van der Waals surface area contributed by atoms with E-state index in [1.54, 1.807) is 0 Å². The van der Waals surface area contributed by atoms with E-state index < -0.39 is 6.29 Å². The average molecular weight is 335 g/mol. The predicted octanol–water partition coefficient (Wildman–Crippen LogP) is 5.56. The predicted molar refractivity (Wildman–Crippen MR) is 98.5 cm³/mol. The molecule has 1 saturated carbocycles. The third kappa shape index (κ3) is 5.70. The molecule has 24 heavy (non-hydrogen) atoms. The van der Waals surface area contributed by atoms with E-state index in [0.717, 1.165) is 37.5 Å². The summed E-state index contributed by atoms with van der Waals surface area (Å²) in [5.74, 6) is 2.34. The van der Waals surface area contributed by atoms with Crippen molar-refractivity contribution in [3.63, 3.8) is 0 Å². The van der Waals surface area contributed by atoms with Gasteiger partial charge in [-0.15, -0.1) is 0 Å². The van der Waals surface area contributed by atoms with Crippen molar-refractivity contribution in [3.8, 4) is 11.5 Å². The molecule has 1 N–H and O–H groups in total. The second-order valence-electron chi connectivity index (χ2n) is 7.69. The Kier molecular flexibility index (Phi) is 7.41. The molecule has 1 aliphatic rings. The fourth-order valence-corrected chi connectivity index (χ4v) is 3.27. The molecule has 0 saturated heterocycles. The second-order valence-corrected chi connectivity index (χ2v) is 7.69. The van der Waals surface area contributed by atoms with Crippen LogP contribution < -0.4 is 9.47 Å². The Hall–Kier alpha value is -1.22. The molecule has 0 spiro atoms. The van der Waals surface area contributed by atoms with Crippen LogP contribution in [0.15, 0.2) is 24.3 Å². The quantitative estimate of drug-likeness (QED) is 0.474. The number of aliphatic hydroxyl groups is 1. The van der Waals surface area contributed by atoms with E-state index in [4.69, 9.17) is 9.47 Å². The fourth-order valence-electron chi connectivity index (χ4n) is 3.27. The summed E-state index contributed by atoms with van der Waals surface area (Å²) in [6.45, 7) is 7.40. The van der Waals surface area contributed by atoms with Gasteiger partial charge in [-0.05, 0) is 62.3 Å². The van der Waals surface area contributed by atoms with E-state index in [1.807, 2.05) is 24.3 Å². The molecule has 0 bridgehead atoms. The van der Waals surface area contributed by atoms with Crippen LogP contribution in [-0.4, -0.2) is 18.0 Å². The van der Waals surface area contributed by atoms with Gasteiger partial charge in [-0.1, -0.05) is 40.0 Å². The maximum absolute atomic E-state index is 10.5. The smallest absolute Gasteiger partial charge is 0.202 e. The van der Waals surface area contributed by atoms with Gasteiger partial charge in [0, 0.05) is 5.41 Å². The van der Waals surface area contributed by atoms with Gasteiger partial charge >= 0.3 is 0 Å². The van der Waals surface area contributed by atoms with Gasteiger partial charge in [-0.25, -0.2) is 0 Å². The van der Waals surface area contributed by atoms with Gasteiger partial charge < -0.3 is 14.6 Å². The van der Waals surface area contributed by atoms with Crippen molar-refractivity contribution in [3.05, 3.63) is 24.3 Å². The maximum Gasteiger partial charge on any atom is 0.202 e. The van der Waals surface area contributed by atoms with Crippen LogP contribution in [0.3, 0.4) is 0 Å². The molecule has 3 heteroatoms. The molecule has 1 atom stereocenters. The van der Waals surface area contributed by atoms with Gasteiger partial charge in [0.2, 0.25) is 6.29 Å². The van der Waals surface area contributed by atoms with Gasteiger partial charge in [0.15, 0.2) is 0 Å². The standard InChI is InChI=1S/C21H34O3/c1-4-5-6-7-16-23-18-8-10-19(11-9-18)24-20(22)21(3)14-12-17(2)13-15-21/h8-11,17,20,22H,4-7,12-16H2,1-3H3. The second kappa shape index (κ2) is 9.31. The third-order valence-corrected chi connectivity index (χ3v) is 5.35. The molecule has 136 valence electrons. The summed E-state index contributed by atoms with van der Waals surface area (Å²) >= 11 is 0. The lowest BCUT2D eigenvalue weighted by atomic mass is 9.72. The first-order chi connectivity index (χ1) is 11.5. The number of hydrogen-bond donors (Lipinski definition) is 1. The van der Waals surface area contributed by atoms with Crippen molar-refractivity contribution in [2.24, 2.45) is 11.3 Å². The van der Waals surface area contributed by atoms with E-state index in [2.05, 4.69) is 20.8 Å². The summed E-state index contributed by atoms with van der Waals surface area (Å²) in [4.78, 5) is 0. The normalized spacial score (nSPS) is 25.2. The molecule has 1 aliphatic carbocycles. The van der Waals surface area contributed by atoms with Crippen molar-refractivity contribution < 1.29 is 14.6 Å². The molecular formula is C21H34O3. The monoisotopic (exact) mass is 334 g/mol. The van der Waals surface area contributed by atoms with Gasteiger partial charge in [-0.3, -0.25) is 0 Å². The topological polar surface area (TPSA) is 38.7 Å². The first kappa shape index (κ1) is 19.1. The van der Waals surface area contributed by atoms with Gasteiger partial charge in [0.05, 0.1) is 6.61 Å². The summed E-state index contributed by atoms with van der Waals surface area (Å²) in [6, 6.07) is 7.62. The molecule has 0 aromatic heterocycles. The zero-order valence-corrected chi connectivity index (χ0v) is 15.6. The minimum absolute atomic E-state index is 0.138. The number of unbranched alkanes of at least 4 members (excludes halogenated alkanes) is 3. The third-order valence-electron chi connectivity index (χ3n) is 5.35. The van der Waals surface area contributed by atoms with Crippen LogP contribution >= 0.6 is 0 Å². The fraction of sp³-hybridized carbons (Fsp3) is 0.714. The Morgan fingerprint density at radius 2 is 1.71 bits per heavy atom. The Morgan fingerprint density at radius 1 is 1.08 bits per heavy atom. The Balaban J connectivity index is 1.78. The summed E-state index contributed by atoms with van der Waals surface area (Å²) in [5.41, 5.74) is -0.138. The molecule has 1 fully saturated rings. The van der Waals surface area contributed by atoms with Crippen LogP contribution in [0.25, 0.3) is 0 Å². The summed E-state index contributed by atoms with van der Waals surface area (Å²) in [7, 11) is 0. The molecular weight excluding hydrogens is 300 g/mol. The van der Waals surface area contributed by atoms with Gasteiger partial charge in [-0.2, -0.15) is 0 Å². The molecule has 0 radical (unpaired) electrons. The first-order valence-electron chi connectivity index (χ1n) is 9.61. The molecule has 0 aliphatic heterocycles. The molecule has 0 heterocycles. The molecule has 0 amide bonds. The van der Waals surface area contributed by atoms with Crippen LogP contribution in [-0.2, 0) is 0 Å². The Morgan fingerprint density at radius 3 is 2.33 bits per heavy atom. The van der Waals surface area contributed by atoms with E-state index >= 15 is 0 Å². The highest BCUT2D eigenvalue weighted by Crippen LogP contribution is 2.41. The lowest BCUT2D eigenvalue weighted by Gasteiger charge is -2.39. The minimum Gasteiger partial charge on any atom is -0.494 e. The van der Waals surface area contributed by atoms with E-state index in [9.17, 15) is 5.11 Å². The van der Waals surface area contributed by atoms with Gasteiger partial charge in [0.1, 0.15) is 11.5 Å². The van der Waals surface area contributed by atoms with Crippen LogP contribution in [0, 0.1) is 11.3 Å². The average Bonchev–Trinajstić information content (AvgIpc) is 2.59. The Bertz CT molecular complexity index is 460. The molecule has 1 aromatic carbocycles. The Labute approximate surface area is 147 Å². The largest absolute Gasteiger partial charge is 0.494 e. The number of rotatable bonds is 9. The molecule has 1 unspecified atom stereocenters. The van der Waals surface area contributed by atoms with E-state index in [1.165, 1.54) is 32.1 Å². The highest BCUT2D eigenvalue weighted by atomic mass is 16.6. The summed E-state index contributed by atoms with van der Waals surface area (Å²) in [5, 5.41) is 10.5. The van der Waals surface area contributed by atoms with Crippen LogP contribution in [0.4, 0.5) is 0 Å². The van der Waals surface area contributed by atoms with Gasteiger partial charge in [0.25, 0.3) is 0 Å². The molecule has 3 nitrogen and oxygen atoms in total. The number of benzene rings is 1. The highest BCUT2D eigenvalue weighted by molar-refractivity contribution is 5.31. The van der Waals surface area contributed by atoms with Crippen molar-refractivity contribution in [2.75, 3.05) is 6.61 Å². The minimum atomic E-state index is -0.745. The zero-order valence-electron chi connectivity index (χ0n) is 15.6. The van der Waals surface area contributed by atoms with Crippen LogP contribution in [0.5, 0.6) is 11.5 Å². The summed E-state index contributed by atoms with van der Waals surface area (Å²) in [6.07, 6.45) is 8.47. The number of hydrogen-bond acceptors (Lipinski definition) is 3. The van der Waals surface area contributed by atoms with Crippen LogP contribution in [0.1, 0.15) is 72.1 Å². The maximum atomic E-state index is 10.5. The van der Waals surface area contributed by atoms with Crippen molar-refractivity contribution in [2.45, 2.75) is 78.4 Å². The lowest BCUT2D eigenvalue weighted by molar-refractivity contribution is -0.125. The highest BCUT2D eigenvalue weighted by Gasteiger charge is 2.37. The number of aliphatic hydroxyl groups excluding tert-OH is 1. The van der Waals surface area contributed by atoms with Crippen LogP contribution in [0.2, 0.25) is 0 Å². The SMILES string of the molecule is CCCCCCOc1ccc(OC(O)C2(C)CCC(C)CC2)cc1. The summed E-state index contributed by atoms with van der Waals surface area (Å²) < 4.78 is 11.5.